The predicted octanol–water partition coefficient (Wildman–Crippen LogP) is 4.22. The third-order valence-corrected chi connectivity index (χ3v) is 3.62. The van der Waals surface area contributed by atoms with Crippen molar-refractivity contribution in [3.63, 3.8) is 0 Å². The van der Waals surface area contributed by atoms with E-state index in [2.05, 4.69) is 15.7 Å². The average molecular weight is 364 g/mol. The van der Waals surface area contributed by atoms with Crippen molar-refractivity contribution in [2.24, 2.45) is 0 Å². The van der Waals surface area contributed by atoms with Gasteiger partial charge in [0.2, 0.25) is 0 Å². The fraction of sp³-hybridized carbons (Fsp3) is 0.231. The van der Waals surface area contributed by atoms with E-state index in [0.717, 1.165) is 18.7 Å². The molecule has 0 saturated heterocycles. The van der Waals surface area contributed by atoms with Crippen LogP contribution in [0.5, 0.6) is 0 Å². The molecule has 1 aromatic heterocycles. The Morgan fingerprint density at radius 2 is 2.05 bits per heavy atom. The van der Waals surface area contributed by atoms with E-state index in [0.29, 0.717) is 26.7 Å². The minimum atomic E-state index is 0.512. The second kappa shape index (κ2) is 7.84. The number of nitrogens with one attached hydrogen (secondary N) is 2. The highest BCUT2D eigenvalue weighted by Gasteiger charge is 2.03. The Morgan fingerprint density at radius 1 is 1.24 bits per heavy atom. The summed E-state index contributed by atoms with van der Waals surface area (Å²) in [5.41, 5.74) is 0.720. The van der Waals surface area contributed by atoms with Crippen LogP contribution in [0, 0.1) is 0 Å². The molecule has 2 N–H and O–H groups in total. The number of benzene rings is 1. The lowest BCUT2D eigenvalue weighted by Crippen LogP contribution is -2.29. The molecule has 8 heteroatoms. The van der Waals surface area contributed by atoms with E-state index in [1.54, 1.807) is 35.3 Å². The van der Waals surface area contributed by atoms with E-state index in [9.17, 15) is 0 Å². The number of hydrogen-bond acceptors (Lipinski definition) is 2. The summed E-state index contributed by atoms with van der Waals surface area (Å²) in [6.07, 6.45) is 4.27. The first-order valence-corrected chi connectivity index (χ1v) is 7.76. The van der Waals surface area contributed by atoms with E-state index in [1.807, 2.05) is 0 Å². The summed E-state index contributed by atoms with van der Waals surface area (Å²) in [6, 6.07) is 5.19. The molecule has 0 aliphatic rings. The zero-order chi connectivity index (χ0) is 15.2. The van der Waals surface area contributed by atoms with Crippen molar-refractivity contribution >= 4 is 57.8 Å². The minimum absolute atomic E-state index is 0.512. The molecule has 0 unspecified atom stereocenters. The highest BCUT2D eigenvalue weighted by Crippen LogP contribution is 2.25. The Kier molecular flexibility index (Phi) is 6.11. The van der Waals surface area contributed by atoms with Crippen LogP contribution in [-0.2, 0) is 6.54 Å². The van der Waals surface area contributed by atoms with Crippen molar-refractivity contribution < 1.29 is 0 Å². The Hall–Kier alpha value is -1.01. The van der Waals surface area contributed by atoms with E-state index in [-0.39, 0.29) is 0 Å². The third-order valence-electron chi connectivity index (χ3n) is 2.63. The summed E-state index contributed by atoms with van der Waals surface area (Å²) >= 11 is 22.9. The molecule has 21 heavy (non-hydrogen) atoms. The first-order chi connectivity index (χ1) is 10.0. The maximum Gasteiger partial charge on any atom is 0.170 e. The van der Waals surface area contributed by atoms with Gasteiger partial charge < -0.3 is 10.6 Å². The van der Waals surface area contributed by atoms with Gasteiger partial charge in [-0.15, -0.1) is 0 Å². The molecule has 4 nitrogen and oxygen atoms in total. The number of thiocarbonyl (C=S) groups is 1. The first-order valence-electron chi connectivity index (χ1n) is 6.22. The molecule has 0 bridgehead atoms. The van der Waals surface area contributed by atoms with Gasteiger partial charge in [0.25, 0.3) is 0 Å². The number of anilines is 1. The van der Waals surface area contributed by atoms with Crippen LogP contribution < -0.4 is 10.6 Å². The van der Waals surface area contributed by atoms with Crippen LogP contribution in [0.3, 0.4) is 0 Å². The van der Waals surface area contributed by atoms with Gasteiger partial charge in [-0.2, -0.15) is 5.10 Å². The summed E-state index contributed by atoms with van der Waals surface area (Å²) in [5, 5.41) is 12.5. The van der Waals surface area contributed by atoms with Crippen LogP contribution in [0.15, 0.2) is 30.6 Å². The van der Waals surface area contributed by atoms with Gasteiger partial charge >= 0.3 is 0 Å². The molecule has 0 aliphatic carbocycles. The molecule has 0 fully saturated rings. The molecule has 2 aromatic rings. The van der Waals surface area contributed by atoms with Crippen molar-refractivity contribution in [3.8, 4) is 0 Å². The highest BCUT2D eigenvalue weighted by atomic mass is 35.5. The van der Waals surface area contributed by atoms with Gasteiger partial charge in [0, 0.05) is 24.3 Å². The van der Waals surface area contributed by atoms with Crippen molar-refractivity contribution in [1.82, 2.24) is 15.1 Å². The SMILES string of the molecule is S=C(NCCCn1cc(Cl)cn1)Nc1ccc(Cl)cc1Cl. The first kappa shape index (κ1) is 16.4. The lowest BCUT2D eigenvalue weighted by Gasteiger charge is -2.11. The molecule has 112 valence electrons. The van der Waals surface area contributed by atoms with Crippen molar-refractivity contribution in [2.75, 3.05) is 11.9 Å². The Morgan fingerprint density at radius 3 is 2.71 bits per heavy atom. The van der Waals surface area contributed by atoms with Gasteiger partial charge in [-0.3, -0.25) is 4.68 Å². The molecule has 0 spiro atoms. The van der Waals surface area contributed by atoms with Crippen LogP contribution in [-0.4, -0.2) is 21.4 Å². The molecule has 0 saturated carbocycles. The molecule has 1 heterocycles. The quantitative estimate of drug-likeness (QED) is 0.616. The van der Waals surface area contributed by atoms with Gasteiger partial charge in [-0.25, -0.2) is 0 Å². The largest absolute Gasteiger partial charge is 0.362 e. The van der Waals surface area contributed by atoms with E-state index in [1.165, 1.54) is 0 Å². The Bertz CT molecular complexity index is 630. The summed E-state index contributed by atoms with van der Waals surface area (Å²) in [7, 11) is 0. The maximum atomic E-state index is 6.06. The molecule has 0 atom stereocenters. The van der Waals surface area contributed by atoms with Crippen LogP contribution >= 0.6 is 47.0 Å². The third kappa shape index (κ3) is 5.36. The van der Waals surface area contributed by atoms with E-state index >= 15 is 0 Å². The van der Waals surface area contributed by atoms with Gasteiger partial charge in [0.15, 0.2) is 5.11 Å². The number of nitrogens with zero attached hydrogens (tertiary/aromatic N) is 2. The second-order valence-corrected chi connectivity index (χ2v) is 5.97. The Balaban J connectivity index is 1.72. The Labute approximate surface area is 143 Å². The minimum Gasteiger partial charge on any atom is -0.362 e. The van der Waals surface area contributed by atoms with Crippen molar-refractivity contribution in [2.45, 2.75) is 13.0 Å². The van der Waals surface area contributed by atoms with Gasteiger partial charge in [0.1, 0.15) is 0 Å². The molecule has 0 amide bonds. The van der Waals surface area contributed by atoms with Crippen LogP contribution in [0.2, 0.25) is 15.1 Å². The normalized spacial score (nSPS) is 10.4. The summed E-state index contributed by atoms with van der Waals surface area (Å²) in [4.78, 5) is 0. The number of hydrogen-bond donors (Lipinski definition) is 2. The molecule has 2 rings (SSSR count). The smallest absolute Gasteiger partial charge is 0.170 e. The molecule has 1 aromatic carbocycles. The van der Waals surface area contributed by atoms with Crippen LogP contribution in [0.4, 0.5) is 5.69 Å². The summed E-state index contributed by atoms with van der Waals surface area (Å²) in [5.74, 6) is 0. The van der Waals surface area contributed by atoms with E-state index in [4.69, 9.17) is 47.0 Å². The van der Waals surface area contributed by atoms with E-state index < -0.39 is 0 Å². The molecule has 0 aliphatic heterocycles. The lowest BCUT2D eigenvalue weighted by molar-refractivity contribution is 0.574. The number of aromatic nitrogens is 2. The average Bonchev–Trinajstić information content (AvgIpc) is 2.84. The number of aryl methyl sites for hydroxylation is 1. The standard InChI is InChI=1S/C13H13Cl3N4S/c14-9-2-3-12(11(16)6-9)19-13(21)17-4-1-5-20-8-10(15)7-18-20/h2-3,6-8H,1,4-5H2,(H2,17,19,21). The predicted molar refractivity (Wildman–Crippen MR) is 92.5 cm³/mol. The van der Waals surface area contributed by atoms with Crippen LogP contribution in [0.25, 0.3) is 0 Å². The molecule has 0 radical (unpaired) electrons. The maximum absolute atomic E-state index is 6.06. The van der Waals surface area contributed by atoms with Gasteiger partial charge in [0.05, 0.1) is 21.9 Å². The summed E-state index contributed by atoms with van der Waals surface area (Å²) < 4.78 is 1.79. The second-order valence-electron chi connectivity index (χ2n) is 4.28. The summed E-state index contributed by atoms with van der Waals surface area (Å²) in [6.45, 7) is 1.48. The lowest BCUT2D eigenvalue weighted by atomic mass is 10.3. The van der Waals surface area contributed by atoms with Gasteiger partial charge in [-0.05, 0) is 36.8 Å². The molecular formula is C13H13Cl3N4S. The zero-order valence-corrected chi connectivity index (χ0v) is 14.0. The van der Waals surface area contributed by atoms with Crippen molar-refractivity contribution in [1.29, 1.82) is 0 Å². The van der Waals surface area contributed by atoms with Gasteiger partial charge in [-0.1, -0.05) is 34.8 Å². The zero-order valence-electron chi connectivity index (χ0n) is 10.9. The monoisotopic (exact) mass is 362 g/mol. The molecular weight excluding hydrogens is 351 g/mol. The van der Waals surface area contributed by atoms with Crippen LogP contribution in [0.1, 0.15) is 6.42 Å². The fourth-order valence-corrected chi connectivity index (χ4v) is 2.49. The highest BCUT2D eigenvalue weighted by molar-refractivity contribution is 7.80. The fourth-order valence-electron chi connectivity index (χ4n) is 1.66. The number of halogens is 3. The van der Waals surface area contributed by atoms with Crippen molar-refractivity contribution in [3.05, 3.63) is 45.7 Å². The topological polar surface area (TPSA) is 41.9 Å². The number of rotatable bonds is 5.